The zero-order valence-electron chi connectivity index (χ0n) is 8.36. The lowest BCUT2D eigenvalue weighted by molar-refractivity contribution is 0.367. The summed E-state index contributed by atoms with van der Waals surface area (Å²) in [5.41, 5.74) is 0. The molecule has 0 radical (unpaired) electrons. The molecule has 1 aliphatic heterocycles. The first-order valence-corrected chi connectivity index (χ1v) is 5.31. The predicted octanol–water partition coefficient (Wildman–Crippen LogP) is 1.41. The van der Waals surface area contributed by atoms with Gasteiger partial charge in [-0.05, 0) is 0 Å². The van der Waals surface area contributed by atoms with E-state index in [0.29, 0.717) is 5.15 Å². The molecule has 0 aromatic carbocycles. The predicted molar refractivity (Wildman–Crippen MR) is 61.1 cm³/mol. The lowest BCUT2D eigenvalue weighted by Gasteiger charge is -2.14. The van der Waals surface area contributed by atoms with Crippen molar-refractivity contribution in [2.24, 2.45) is 0 Å². The number of nitrogens with zero attached hydrogens (tertiary/aromatic N) is 3. The molecule has 4 nitrogen and oxygen atoms in total. The summed E-state index contributed by atoms with van der Waals surface area (Å²) < 4.78 is 0. The van der Waals surface area contributed by atoms with E-state index in [1.165, 1.54) is 6.20 Å². The summed E-state index contributed by atoms with van der Waals surface area (Å²) >= 11 is 5.72. The summed E-state index contributed by atoms with van der Waals surface area (Å²) in [5, 5.41) is 3.60. The molecule has 1 aromatic rings. The summed E-state index contributed by atoms with van der Waals surface area (Å²) in [6.07, 6.45) is 7.56. The highest BCUT2D eigenvalue weighted by atomic mass is 35.5. The van der Waals surface area contributed by atoms with E-state index in [2.05, 4.69) is 32.3 Å². The van der Waals surface area contributed by atoms with Crippen LogP contribution in [0.5, 0.6) is 0 Å². The molecule has 0 saturated carbocycles. The van der Waals surface area contributed by atoms with Crippen LogP contribution in [0.4, 0.5) is 5.82 Å². The van der Waals surface area contributed by atoms with Gasteiger partial charge in [-0.3, -0.25) is 9.88 Å². The molecule has 1 aliphatic rings. The fourth-order valence-corrected chi connectivity index (χ4v) is 1.62. The second-order valence-corrected chi connectivity index (χ2v) is 3.77. The van der Waals surface area contributed by atoms with Gasteiger partial charge in [-0.1, -0.05) is 23.8 Å². The molecule has 1 N–H and O–H groups in total. The second-order valence-electron chi connectivity index (χ2n) is 3.38. The number of nitrogens with one attached hydrogen (secondary N) is 1. The average Bonchev–Trinajstić information content (AvgIpc) is 2.71. The number of hydrogen-bond donors (Lipinski definition) is 1. The van der Waals surface area contributed by atoms with Crippen molar-refractivity contribution < 1.29 is 0 Å². The van der Waals surface area contributed by atoms with Crippen molar-refractivity contribution in [2.75, 3.05) is 31.5 Å². The van der Waals surface area contributed by atoms with E-state index in [4.69, 9.17) is 11.6 Å². The van der Waals surface area contributed by atoms with E-state index in [1.807, 2.05) is 0 Å². The Labute approximate surface area is 94.0 Å². The number of rotatable bonds is 4. The second kappa shape index (κ2) is 5.09. The van der Waals surface area contributed by atoms with Crippen LogP contribution in [0.3, 0.4) is 0 Å². The summed E-state index contributed by atoms with van der Waals surface area (Å²) in [5.74, 6) is 0.731. The van der Waals surface area contributed by atoms with Gasteiger partial charge in [0.2, 0.25) is 0 Å². The van der Waals surface area contributed by atoms with Crippen molar-refractivity contribution in [3.63, 3.8) is 0 Å². The van der Waals surface area contributed by atoms with Gasteiger partial charge in [-0.2, -0.15) is 0 Å². The molecule has 0 aliphatic carbocycles. The Hall–Kier alpha value is -1.13. The van der Waals surface area contributed by atoms with Crippen LogP contribution in [0.2, 0.25) is 5.15 Å². The van der Waals surface area contributed by atoms with Crippen molar-refractivity contribution in [3.8, 4) is 0 Å². The quantitative estimate of drug-likeness (QED) is 0.786. The minimum absolute atomic E-state index is 0.419. The molecule has 15 heavy (non-hydrogen) atoms. The maximum Gasteiger partial charge on any atom is 0.149 e. The largest absolute Gasteiger partial charge is 0.367 e. The van der Waals surface area contributed by atoms with Crippen molar-refractivity contribution in [3.05, 3.63) is 29.7 Å². The van der Waals surface area contributed by atoms with E-state index in [1.54, 1.807) is 6.20 Å². The van der Waals surface area contributed by atoms with Crippen molar-refractivity contribution in [1.29, 1.82) is 0 Å². The van der Waals surface area contributed by atoms with Crippen LogP contribution in [0.15, 0.2) is 24.5 Å². The van der Waals surface area contributed by atoms with Crippen LogP contribution in [0.1, 0.15) is 0 Å². The highest BCUT2D eigenvalue weighted by molar-refractivity contribution is 6.29. The lowest BCUT2D eigenvalue weighted by atomic mass is 10.5. The standard InChI is InChI=1S/C10H13ClN4/c11-9-7-12-8-10(14-9)13-3-6-15-4-1-2-5-15/h1-2,7-8H,3-6H2,(H,13,14). The third kappa shape index (κ3) is 3.18. The Balaban J connectivity index is 1.73. The highest BCUT2D eigenvalue weighted by Crippen LogP contribution is 2.06. The smallest absolute Gasteiger partial charge is 0.149 e. The van der Waals surface area contributed by atoms with Gasteiger partial charge in [0.05, 0.1) is 12.4 Å². The fraction of sp³-hybridized carbons (Fsp3) is 0.400. The Morgan fingerprint density at radius 2 is 2.13 bits per heavy atom. The molecule has 80 valence electrons. The first-order valence-electron chi connectivity index (χ1n) is 4.93. The van der Waals surface area contributed by atoms with Gasteiger partial charge in [-0.15, -0.1) is 0 Å². The summed E-state index contributed by atoms with van der Waals surface area (Å²) in [4.78, 5) is 10.4. The van der Waals surface area contributed by atoms with Crippen molar-refractivity contribution in [1.82, 2.24) is 14.9 Å². The topological polar surface area (TPSA) is 41.1 Å². The Morgan fingerprint density at radius 1 is 1.33 bits per heavy atom. The Bertz CT molecular complexity index is 345. The van der Waals surface area contributed by atoms with Gasteiger partial charge < -0.3 is 5.32 Å². The van der Waals surface area contributed by atoms with Crippen LogP contribution in [-0.2, 0) is 0 Å². The molecule has 0 fully saturated rings. The molecule has 2 rings (SSSR count). The van der Waals surface area contributed by atoms with Crippen LogP contribution in [0.25, 0.3) is 0 Å². The van der Waals surface area contributed by atoms with Gasteiger partial charge in [0, 0.05) is 26.2 Å². The molecule has 0 spiro atoms. The van der Waals surface area contributed by atoms with E-state index in [0.717, 1.165) is 32.0 Å². The van der Waals surface area contributed by atoms with E-state index in [-0.39, 0.29) is 0 Å². The van der Waals surface area contributed by atoms with Gasteiger partial charge >= 0.3 is 0 Å². The lowest BCUT2D eigenvalue weighted by Crippen LogP contribution is -2.26. The molecule has 5 heteroatoms. The first-order chi connectivity index (χ1) is 7.34. The van der Waals surface area contributed by atoms with Gasteiger partial charge in [-0.25, -0.2) is 4.98 Å². The Kier molecular flexibility index (Phi) is 3.53. The van der Waals surface area contributed by atoms with Gasteiger partial charge in [0.1, 0.15) is 11.0 Å². The fourth-order valence-electron chi connectivity index (χ4n) is 1.47. The number of aromatic nitrogens is 2. The maximum absolute atomic E-state index is 5.72. The number of hydrogen-bond acceptors (Lipinski definition) is 4. The zero-order chi connectivity index (χ0) is 10.5. The SMILES string of the molecule is Clc1cncc(NCCN2CC=CC2)n1. The minimum atomic E-state index is 0.419. The molecule has 0 unspecified atom stereocenters. The Morgan fingerprint density at radius 3 is 2.87 bits per heavy atom. The first kappa shape index (κ1) is 10.4. The van der Waals surface area contributed by atoms with Crippen LogP contribution in [-0.4, -0.2) is 41.0 Å². The molecular weight excluding hydrogens is 212 g/mol. The summed E-state index contributed by atoms with van der Waals surface area (Å²) in [6, 6.07) is 0. The molecule has 0 atom stereocenters. The van der Waals surface area contributed by atoms with E-state index in [9.17, 15) is 0 Å². The molecule has 0 bridgehead atoms. The average molecular weight is 225 g/mol. The molecule has 1 aromatic heterocycles. The zero-order valence-corrected chi connectivity index (χ0v) is 9.11. The monoisotopic (exact) mass is 224 g/mol. The summed E-state index contributed by atoms with van der Waals surface area (Å²) in [6.45, 7) is 3.95. The highest BCUT2D eigenvalue weighted by Gasteiger charge is 2.05. The van der Waals surface area contributed by atoms with Crippen LogP contribution < -0.4 is 5.32 Å². The maximum atomic E-state index is 5.72. The summed E-state index contributed by atoms with van der Waals surface area (Å²) in [7, 11) is 0. The molecule has 2 heterocycles. The molecule has 0 amide bonds. The van der Waals surface area contributed by atoms with Crippen LogP contribution >= 0.6 is 11.6 Å². The van der Waals surface area contributed by atoms with Gasteiger partial charge in [0.25, 0.3) is 0 Å². The van der Waals surface area contributed by atoms with Crippen molar-refractivity contribution >= 4 is 17.4 Å². The van der Waals surface area contributed by atoms with E-state index < -0.39 is 0 Å². The normalized spacial score (nSPS) is 15.8. The number of anilines is 1. The molecule has 0 saturated heterocycles. The van der Waals surface area contributed by atoms with E-state index >= 15 is 0 Å². The molecular formula is C10H13ClN4. The third-order valence-corrected chi connectivity index (χ3v) is 2.42. The minimum Gasteiger partial charge on any atom is -0.367 e. The van der Waals surface area contributed by atoms with Crippen molar-refractivity contribution in [2.45, 2.75) is 0 Å². The third-order valence-electron chi connectivity index (χ3n) is 2.23. The van der Waals surface area contributed by atoms with Gasteiger partial charge in [0.15, 0.2) is 0 Å². The number of halogens is 1. The van der Waals surface area contributed by atoms with Crippen LogP contribution in [0, 0.1) is 0 Å².